The van der Waals surface area contributed by atoms with Crippen LogP contribution in [-0.4, -0.2) is 10.9 Å². The Morgan fingerprint density at radius 2 is 1.84 bits per heavy atom. The van der Waals surface area contributed by atoms with Gasteiger partial charge in [-0.15, -0.1) is 0 Å². The summed E-state index contributed by atoms with van der Waals surface area (Å²) >= 11 is 6.10. The van der Waals surface area contributed by atoms with Gasteiger partial charge in [-0.1, -0.05) is 29.8 Å². The van der Waals surface area contributed by atoms with Crippen LogP contribution in [0.3, 0.4) is 0 Å². The number of nitrogens with one attached hydrogen (secondary N) is 2. The van der Waals surface area contributed by atoms with Gasteiger partial charge in [0.15, 0.2) is 0 Å². The van der Waals surface area contributed by atoms with E-state index in [1.165, 1.54) is 24.4 Å². The van der Waals surface area contributed by atoms with Crippen LogP contribution in [0, 0.1) is 12.7 Å². The first-order valence-electron chi connectivity index (χ1n) is 7.58. The highest BCUT2D eigenvalue weighted by Gasteiger charge is 2.11. The first-order valence-corrected chi connectivity index (χ1v) is 7.96. The highest BCUT2D eigenvalue weighted by atomic mass is 35.5. The molecule has 1 amide bonds. The monoisotopic (exact) mass is 355 g/mol. The Kier molecular flexibility index (Phi) is 4.95. The van der Waals surface area contributed by atoms with Crippen LogP contribution >= 0.6 is 11.6 Å². The molecule has 0 aliphatic carbocycles. The highest BCUT2D eigenvalue weighted by molar-refractivity contribution is 6.31. The summed E-state index contributed by atoms with van der Waals surface area (Å²) < 4.78 is 13.6. The number of carbonyl (C=O) groups excluding carboxylic acids is 1. The number of pyridine rings is 1. The van der Waals surface area contributed by atoms with Crippen molar-refractivity contribution in [1.29, 1.82) is 0 Å². The number of halogens is 2. The lowest BCUT2D eigenvalue weighted by Crippen LogP contribution is -2.13. The molecule has 1 aromatic heterocycles. The summed E-state index contributed by atoms with van der Waals surface area (Å²) in [6.07, 6.45) is 1.50. The van der Waals surface area contributed by atoms with E-state index < -0.39 is 11.7 Å². The van der Waals surface area contributed by atoms with Crippen molar-refractivity contribution in [1.82, 2.24) is 4.98 Å². The molecular formula is C19H15ClFN3O. The van der Waals surface area contributed by atoms with Crippen molar-refractivity contribution in [2.45, 2.75) is 6.92 Å². The summed E-state index contributed by atoms with van der Waals surface area (Å²) in [5.74, 6) is -0.489. The Morgan fingerprint density at radius 1 is 1.08 bits per heavy atom. The highest BCUT2D eigenvalue weighted by Crippen LogP contribution is 2.23. The summed E-state index contributed by atoms with van der Waals surface area (Å²) in [6, 6.07) is 14.8. The van der Waals surface area contributed by atoms with Crippen LogP contribution in [0.15, 0.2) is 60.8 Å². The zero-order valence-electron chi connectivity index (χ0n) is 13.4. The molecule has 0 spiro atoms. The Labute approximate surface area is 149 Å². The molecule has 2 N–H and O–H groups in total. The summed E-state index contributed by atoms with van der Waals surface area (Å²) in [5, 5.41) is 6.41. The zero-order valence-corrected chi connectivity index (χ0v) is 14.1. The van der Waals surface area contributed by atoms with Gasteiger partial charge in [-0.05, 0) is 48.9 Å². The van der Waals surface area contributed by atoms with E-state index in [1.807, 2.05) is 25.1 Å². The minimum atomic E-state index is -0.567. The van der Waals surface area contributed by atoms with Crippen LogP contribution in [0.25, 0.3) is 0 Å². The summed E-state index contributed by atoms with van der Waals surface area (Å²) in [5.41, 5.74) is 2.26. The number of hydrogen-bond donors (Lipinski definition) is 2. The third-order valence-corrected chi connectivity index (χ3v) is 3.99. The number of nitrogens with zero attached hydrogens (tertiary/aromatic N) is 1. The predicted molar refractivity (Wildman–Crippen MR) is 98.1 cm³/mol. The first-order chi connectivity index (χ1) is 12.0. The van der Waals surface area contributed by atoms with Crippen LogP contribution < -0.4 is 10.6 Å². The molecule has 0 saturated heterocycles. The molecule has 0 atom stereocenters. The van der Waals surface area contributed by atoms with E-state index in [4.69, 9.17) is 11.6 Å². The molecular weight excluding hydrogens is 341 g/mol. The number of rotatable bonds is 4. The molecule has 6 heteroatoms. The molecule has 0 aliphatic heterocycles. The van der Waals surface area contributed by atoms with Gasteiger partial charge in [0.1, 0.15) is 11.6 Å². The van der Waals surface area contributed by atoms with Gasteiger partial charge in [-0.3, -0.25) is 4.79 Å². The summed E-state index contributed by atoms with van der Waals surface area (Å²) in [4.78, 5) is 16.3. The van der Waals surface area contributed by atoms with Crippen molar-refractivity contribution in [3.63, 3.8) is 0 Å². The van der Waals surface area contributed by atoms with Crippen molar-refractivity contribution in [3.8, 4) is 0 Å². The molecule has 0 fully saturated rings. The normalized spacial score (nSPS) is 10.4. The molecule has 4 nitrogen and oxygen atoms in total. The second-order valence-electron chi connectivity index (χ2n) is 5.46. The first kappa shape index (κ1) is 16.9. The van der Waals surface area contributed by atoms with Crippen LogP contribution in [0.1, 0.15) is 15.9 Å². The maximum atomic E-state index is 13.6. The lowest BCUT2D eigenvalue weighted by atomic mass is 10.2. The smallest absolute Gasteiger partial charge is 0.258 e. The molecule has 126 valence electrons. The number of amides is 1. The molecule has 0 bridgehead atoms. The van der Waals surface area contributed by atoms with Gasteiger partial charge in [0, 0.05) is 10.7 Å². The Morgan fingerprint density at radius 3 is 2.52 bits per heavy atom. The van der Waals surface area contributed by atoms with Gasteiger partial charge in [0.25, 0.3) is 5.91 Å². The number of hydrogen-bond acceptors (Lipinski definition) is 3. The van der Waals surface area contributed by atoms with E-state index in [0.29, 0.717) is 16.5 Å². The van der Waals surface area contributed by atoms with Gasteiger partial charge >= 0.3 is 0 Å². The number of anilines is 3. The minimum absolute atomic E-state index is 0.0148. The number of benzene rings is 2. The van der Waals surface area contributed by atoms with Crippen molar-refractivity contribution in [2.24, 2.45) is 0 Å². The molecule has 0 unspecified atom stereocenters. The fraction of sp³-hybridized carbons (Fsp3) is 0.0526. The lowest BCUT2D eigenvalue weighted by molar-refractivity contribution is 0.102. The third-order valence-electron chi connectivity index (χ3n) is 3.58. The van der Waals surface area contributed by atoms with Crippen molar-refractivity contribution >= 4 is 34.7 Å². The average Bonchev–Trinajstić information content (AvgIpc) is 2.60. The number of carbonyl (C=O) groups is 1. The predicted octanol–water partition coefficient (Wildman–Crippen LogP) is 5.18. The molecule has 3 rings (SSSR count). The Hall–Kier alpha value is -2.92. The van der Waals surface area contributed by atoms with Gasteiger partial charge in [0.05, 0.1) is 17.4 Å². The van der Waals surface area contributed by atoms with E-state index in [2.05, 4.69) is 15.6 Å². The topological polar surface area (TPSA) is 54.0 Å². The van der Waals surface area contributed by atoms with E-state index in [1.54, 1.807) is 18.2 Å². The zero-order chi connectivity index (χ0) is 17.8. The second-order valence-corrected chi connectivity index (χ2v) is 5.86. The maximum absolute atomic E-state index is 13.6. The Bertz CT molecular complexity index is 913. The molecule has 2 aromatic carbocycles. The quantitative estimate of drug-likeness (QED) is 0.678. The fourth-order valence-corrected chi connectivity index (χ4v) is 2.38. The van der Waals surface area contributed by atoms with Crippen molar-refractivity contribution in [2.75, 3.05) is 10.6 Å². The van der Waals surface area contributed by atoms with E-state index in [-0.39, 0.29) is 5.56 Å². The van der Waals surface area contributed by atoms with Crippen LogP contribution in [0.2, 0.25) is 5.02 Å². The SMILES string of the molecule is Cc1ccc(Nc2ccc(NC(=O)c3ccccc3F)cn2)cc1Cl. The third kappa shape index (κ3) is 4.14. The standard InChI is InChI=1S/C19H15ClFN3O/c1-12-6-7-13(10-16(12)20)23-18-9-8-14(11-22-18)24-19(25)15-4-2-3-5-17(15)21/h2-11H,1H3,(H,22,23)(H,24,25). The molecule has 0 saturated carbocycles. The van der Waals surface area contributed by atoms with Crippen LogP contribution in [0.4, 0.5) is 21.6 Å². The number of aromatic nitrogens is 1. The molecule has 25 heavy (non-hydrogen) atoms. The van der Waals surface area contributed by atoms with Gasteiger partial charge < -0.3 is 10.6 Å². The van der Waals surface area contributed by atoms with Gasteiger partial charge in [-0.2, -0.15) is 0 Å². The fourth-order valence-electron chi connectivity index (χ4n) is 2.20. The number of aryl methyl sites for hydroxylation is 1. The Balaban J connectivity index is 1.69. The minimum Gasteiger partial charge on any atom is -0.340 e. The second kappa shape index (κ2) is 7.32. The maximum Gasteiger partial charge on any atom is 0.258 e. The van der Waals surface area contributed by atoms with Crippen molar-refractivity contribution < 1.29 is 9.18 Å². The molecule has 1 heterocycles. The van der Waals surface area contributed by atoms with Crippen LogP contribution in [0.5, 0.6) is 0 Å². The summed E-state index contributed by atoms with van der Waals surface area (Å²) in [7, 11) is 0. The van der Waals surface area contributed by atoms with Crippen molar-refractivity contribution in [3.05, 3.63) is 82.8 Å². The van der Waals surface area contributed by atoms with Crippen LogP contribution in [-0.2, 0) is 0 Å². The van der Waals surface area contributed by atoms with E-state index in [9.17, 15) is 9.18 Å². The van der Waals surface area contributed by atoms with E-state index in [0.717, 1.165) is 11.3 Å². The van der Waals surface area contributed by atoms with Gasteiger partial charge in [-0.25, -0.2) is 9.37 Å². The molecule has 3 aromatic rings. The van der Waals surface area contributed by atoms with Gasteiger partial charge in [0.2, 0.25) is 0 Å². The molecule has 0 aliphatic rings. The summed E-state index contributed by atoms with van der Waals surface area (Å²) in [6.45, 7) is 1.93. The molecule has 0 radical (unpaired) electrons. The average molecular weight is 356 g/mol. The van der Waals surface area contributed by atoms with E-state index >= 15 is 0 Å². The lowest BCUT2D eigenvalue weighted by Gasteiger charge is -2.09. The largest absolute Gasteiger partial charge is 0.340 e.